The monoisotopic (exact) mass is 298 g/mol. The zero-order valence-corrected chi connectivity index (χ0v) is 10.3. The fraction of sp³-hybridized carbons (Fsp3) is 0.0769. The summed E-state index contributed by atoms with van der Waals surface area (Å²) in [5.41, 5.74) is -1.19. The van der Waals surface area contributed by atoms with Crippen LogP contribution in [0.3, 0.4) is 0 Å². The number of carboxylic acid groups (broad SMARTS) is 1. The molecule has 2 aromatic rings. The molecule has 0 radical (unpaired) electrons. The largest absolute Gasteiger partial charge is 0.506 e. The molecule has 0 aliphatic heterocycles. The third kappa shape index (κ3) is 3.41. The first-order valence-corrected chi connectivity index (χ1v) is 5.64. The van der Waals surface area contributed by atoms with Crippen LogP contribution in [0.2, 0.25) is 0 Å². The normalized spacial score (nSPS) is 11.2. The van der Waals surface area contributed by atoms with Gasteiger partial charge < -0.3 is 15.5 Å². The van der Waals surface area contributed by atoms with Crippen LogP contribution in [0.4, 0.5) is 24.7 Å². The topological polar surface area (TPSA) is 82.5 Å². The van der Waals surface area contributed by atoms with Crippen molar-refractivity contribution in [3.05, 3.63) is 47.7 Å². The molecule has 0 bridgehead atoms. The van der Waals surface area contributed by atoms with Crippen molar-refractivity contribution in [2.24, 2.45) is 0 Å². The predicted molar refractivity (Wildman–Crippen MR) is 67.6 cm³/mol. The van der Waals surface area contributed by atoms with E-state index in [1.807, 2.05) is 0 Å². The van der Waals surface area contributed by atoms with E-state index in [4.69, 9.17) is 5.11 Å². The van der Waals surface area contributed by atoms with Crippen molar-refractivity contribution >= 4 is 17.5 Å². The molecule has 0 aliphatic rings. The van der Waals surface area contributed by atoms with Crippen LogP contribution in [0.5, 0.6) is 5.75 Å². The van der Waals surface area contributed by atoms with Gasteiger partial charge in [0.15, 0.2) is 0 Å². The number of hydrogen-bond donors (Lipinski definition) is 3. The maximum absolute atomic E-state index is 12.6. The van der Waals surface area contributed by atoms with E-state index in [2.05, 4.69) is 10.3 Å². The van der Waals surface area contributed by atoms with E-state index >= 15 is 0 Å². The van der Waals surface area contributed by atoms with Gasteiger partial charge in [0.1, 0.15) is 17.1 Å². The Kier molecular flexibility index (Phi) is 3.70. The molecule has 8 heteroatoms. The van der Waals surface area contributed by atoms with Crippen LogP contribution in [-0.2, 0) is 6.18 Å². The number of pyridine rings is 1. The van der Waals surface area contributed by atoms with E-state index in [-0.39, 0.29) is 22.8 Å². The highest BCUT2D eigenvalue weighted by atomic mass is 19.4. The Morgan fingerprint density at radius 1 is 1.24 bits per heavy atom. The molecule has 1 aromatic heterocycles. The van der Waals surface area contributed by atoms with Crippen molar-refractivity contribution < 1.29 is 28.2 Å². The highest BCUT2D eigenvalue weighted by molar-refractivity contribution is 5.94. The van der Waals surface area contributed by atoms with Crippen molar-refractivity contribution in [1.82, 2.24) is 4.98 Å². The number of aromatic hydroxyl groups is 1. The van der Waals surface area contributed by atoms with Gasteiger partial charge in [-0.15, -0.1) is 0 Å². The molecule has 0 atom stereocenters. The molecular formula is C13H9F3N2O3. The third-order valence-electron chi connectivity index (χ3n) is 2.56. The van der Waals surface area contributed by atoms with Crippen molar-refractivity contribution in [3.8, 4) is 5.75 Å². The minimum absolute atomic E-state index is 0.0329. The van der Waals surface area contributed by atoms with Crippen LogP contribution < -0.4 is 5.32 Å². The standard InChI is InChI=1S/C13H9F3N2O3/c14-13(15,16)7-2-1-3-8(4-7)18-11-10(12(20)21)5-9(19)6-17-11/h1-6,19H,(H,17,18)(H,20,21). The molecule has 1 heterocycles. The molecular weight excluding hydrogens is 289 g/mol. The second-order valence-electron chi connectivity index (χ2n) is 4.10. The number of benzene rings is 1. The van der Waals surface area contributed by atoms with Crippen LogP contribution in [0, 0.1) is 0 Å². The van der Waals surface area contributed by atoms with Gasteiger partial charge in [0, 0.05) is 5.69 Å². The Labute approximate surface area is 116 Å². The molecule has 0 fully saturated rings. The lowest BCUT2D eigenvalue weighted by molar-refractivity contribution is -0.137. The lowest BCUT2D eigenvalue weighted by Crippen LogP contribution is -2.07. The number of nitrogens with one attached hydrogen (secondary N) is 1. The zero-order chi connectivity index (χ0) is 15.6. The first kappa shape index (κ1) is 14.6. The van der Waals surface area contributed by atoms with E-state index in [9.17, 15) is 23.1 Å². The van der Waals surface area contributed by atoms with E-state index in [0.29, 0.717) is 0 Å². The molecule has 3 N–H and O–H groups in total. The molecule has 2 rings (SSSR count). The Balaban J connectivity index is 2.37. The first-order chi connectivity index (χ1) is 9.77. The molecule has 1 aromatic carbocycles. The smallest absolute Gasteiger partial charge is 0.416 e. The quantitative estimate of drug-likeness (QED) is 0.810. The van der Waals surface area contributed by atoms with Gasteiger partial charge in [0.2, 0.25) is 0 Å². The van der Waals surface area contributed by atoms with Crippen molar-refractivity contribution in [2.75, 3.05) is 5.32 Å². The Morgan fingerprint density at radius 3 is 2.57 bits per heavy atom. The molecule has 0 spiro atoms. The summed E-state index contributed by atoms with van der Waals surface area (Å²) in [6, 6.07) is 5.21. The fourth-order valence-electron chi connectivity index (χ4n) is 1.63. The predicted octanol–water partition coefficient (Wildman–Crippen LogP) is 3.25. The van der Waals surface area contributed by atoms with Crippen LogP contribution in [0.15, 0.2) is 36.5 Å². The summed E-state index contributed by atoms with van der Waals surface area (Å²) < 4.78 is 37.8. The molecule has 0 saturated heterocycles. The van der Waals surface area contributed by atoms with Crippen LogP contribution in [0.1, 0.15) is 15.9 Å². The number of alkyl halides is 3. The Morgan fingerprint density at radius 2 is 1.95 bits per heavy atom. The maximum atomic E-state index is 12.6. The van der Waals surface area contributed by atoms with Gasteiger partial charge in [-0.05, 0) is 24.3 Å². The van der Waals surface area contributed by atoms with Crippen LogP contribution in [0.25, 0.3) is 0 Å². The maximum Gasteiger partial charge on any atom is 0.416 e. The van der Waals surface area contributed by atoms with Gasteiger partial charge in [-0.1, -0.05) is 6.07 Å². The van der Waals surface area contributed by atoms with Gasteiger partial charge in [-0.25, -0.2) is 9.78 Å². The molecule has 0 amide bonds. The Bertz CT molecular complexity index is 687. The summed E-state index contributed by atoms with van der Waals surface area (Å²) in [6.45, 7) is 0. The van der Waals surface area contributed by atoms with Gasteiger partial charge >= 0.3 is 12.1 Å². The number of nitrogens with zero attached hydrogens (tertiary/aromatic N) is 1. The molecule has 0 saturated carbocycles. The third-order valence-corrected chi connectivity index (χ3v) is 2.56. The number of carboxylic acids is 1. The highest BCUT2D eigenvalue weighted by Crippen LogP contribution is 2.31. The summed E-state index contributed by atoms with van der Waals surface area (Å²) in [4.78, 5) is 14.7. The fourth-order valence-corrected chi connectivity index (χ4v) is 1.63. The van der Waals surface area contributed by atoms with E-state index in [1.54, 1.807) is 0 Å². The summed E-state index contributed by atoms with van der Waals surface area (Å²) in [5.74, 6) is -1.89. The van der Waals surface area contributed by atoms with Crippen molar-refractivity contribution in [1.29, 1.82) is 0 Å². The number of rotatable bonds is 3. The number of halogens is 3. The highest BCUT2D eigenvalue weighted by Gasteiger charge is 2.30. The van der Waals surface area contributed by atoms with E-state index in [0.717, 1.165) is 24.4 Å². The van der Waals surface area contributed by atoms with Gasteiger partial charge in [0.05, 0.1) is 11.8 Å². The lowest BCUT2D eigenvalue weighted by Gasteiger charge is -2.11. The second-order valence-corrected chi connectivity index (χ2v) is 4.10. The van der Waals surface area contributed by atoms with Crippen molar-refractivity contribution in [2.45, 2.75) is 6.18 Å². The summed E-state index contributed by atoms with van der Waals surface area (Å²) in [5, 5.41) is 20.7. The average Bonchev–Trinajstić information content (AvgIpc) is 2.40. The number of anilines is 2. The number of aromatic carboxylic acids is 1. The summed E-state index contributed by atoms with van der Waals surface area (Å²) in [7, 11) is 0. The van der Waals surface area contributed by atoms with Crippen LogP contribution in [-0.4, -0.2) is 21.2 Å². The molecule has 110 valence electrons. The summed E-state index contributed by atoms with van der Waals surface area (Å²) in [6.07, 6.45) is -3.52. The average molecular weight is 298 g/mol. The van der Waals surface area contributed by atoms with E-state index in [1.165, 1.54) is 12.1 Å². The Hall–Kier alpha value is -2.77. The van der Waals surface area contributed by atoms with Crippen LogP contribution >= 0.6 is 0 Å². The number of carbonyl (C=O) groups is 1. The van der Waals surface area contributed by atoms with Crippen molar-refractivity contribution in [3.63, 3.8) is 0 Å². The molecule has 0 unspecified atom stereocenters. The van der Waals surface area contributed by atoms with Gasteiger partial charge in [0.25, 0.3) is 0 Å². The lowest BCUT2D eigenvalue weighted by atomic mass is 10.2. The van der Waals surface area contributed by atoms with Gasteiger partial charge in [-0.2, -0.15) is 13.2 Å². The minimum Gasteiger partial charge on any atom is -0.506 e. The first-order valence-electron chi connectivity index (χ1n) is 5.64. The number of hydrogen-bond acceptors (Lipinski definition) is 4. The molecule has 21 heavy (non-hydrogen) atoms. The SMILES string of the molecule is O=C(O)c1cc(O)cnc1Nc1cccc(C(F)(F)F)c1. The van der Waals surface area contributed by atoms with E-state index < -0.39 is 17.7 Å². The summed E-state index contributed by atoms with van der Waals surface area (Å²) >= 11 is 0. The zero-order valence-electron chi connectivity index (χ0n) is 10.3. The second kappa shape index (κ2) is 5.31. The molecule has 0 aliphatic carbocycles. The van der Waals surface area contributed by atoms with Gasteiger partial charge in [-0.3, -0.25) is 0 Å². The number of aromatic nitrogens is 1. The molecule has 5 nitrogen and oxygen atoms in total. The minimum atomic E-state index is -4.50.